The predicted octanol–water partition coefficient (Wildman–Crippen LogP) is 4.34. The van der Waals surface area contributed by atoms with Gasteiger partial charge in [-0.3, -0.25) is 9.69 Å². The minimum atomic E-state index is -0.424. The fourth-order valence-corrected chi connectivity index (χ4v) is 4.74. The van der Waals surface area contributed by atoms with Gasteiger partial charge in [-0.25, -0.2) is 4.85 Å². The van der Waals surface area contributed by atoms with Crippen molar-refractivity contribution in [1.82, 2.24) is 19.9 Å². The van der Waals surface area contributed by atoms with Crippen LogP contribution >= 0.6 is 0 Å². The van der Waals surface area contributed by atoms with E-state index in [1.54, 1.807) is 20.1 Å². The Morgan fingerprint density at radius 3 is 2.50 bits per heavy atom. The average Bonchev–Trinajstić information content (AvgIpc) is 3.36. The molecule has 3 aromatic rings. The lowest BCUT2D eigenvalue weighted by molar-refractivity contribution is -0.137. The molecule has 1 amide bonds. The molecule has 1 aliphatic heterocycles. The number of aryl methyl sites for hydroxylation is 1. The van der Waals surface area contributed by atoms with E-state index >= 15 is 0 Å². The lowest BCUT2D eigenvalue weighted by atomic mass is 10.0. The highest BCUT2D eigenvalue weighted by Crippen LogP contribution is 2.36. The summed E-state index contributed by atoms with van der Waals surface area (Å²) >= 11 is 0. The van der Waals surface area contributed by atoms with E-state index in [2.05, 4.69) is 24.8 Å². The highest BCUT2D eigenvalue weighted by molar-refractivity contribution is 5.84. The molecular weight excluding hydrogens is 456 g/mol. The van der Waals surface area contributed by atoms with Gasteiger partial charge in [0.25, 0.3) is 5.89 Å². The Morgan fingerprint density at radius 1 is 1.17 bits per heavy atom. The largest absolute Gasteiger partial charge is 0.496 e. The van der Waals surface area contributed by atoms with Crippen LogP contribution in [-0.2, 0) is 4.79 Å². The van der Waals surface area contributed by atoms with Crippen LogP contribution in [0.2, 0.25) is 0 Å². The topological polar surface area (TPSA) is 79.3 Å². The van der Waals surface area contributed by atoms with Gasteiger partial charge in [0.05, 0.1) is 13.7 Å². The number of amides is 1. The van der Waals surface area contributed by atoms with Gasteiger partial charge in [0.1, 0.15) is 11.8 Å². The Balaban J connectivity index is 1.57. The van der Waals surface area contributed by atoms with Crippen LogP contribution in [0.25, 0.3) is 16.3 Å². The first kappa shape index (κ1) is 25.2. The molecule has 2 heterocycles. The standard InChI is InChI=1S/C27H32N6O3/c1-6-31(7-2)27(34)25(21-10-8-9-11-24(21)35-5)33-16-14-32(15-17-33)23-13-12-20(18-22(23)28-4)26-29-19(3)30-36-26/h8-13,18,25H,6-7,14-17H2,1-3,5H3. The molecule has 0 saturated carbocycles. The normalized spacial score (nSPS) is 14.8. The van der Waals surface area contributed by atoms with Gasteiger partial charge in [0.15, 0.2) is 5.82 Å². The van der Waals surface area contributed by atoms with E-state index in [1.807, 2.05) is 55.1 Å². The number of likely N-dealkylation sites (N-methyl/N-ethyl adjacent to an activating group) is 1. The second-order valence-corrected chi connectivity index (χ2v) is 8.64. The van der Waals surface area contributed by atoms with E-state index in [0.29, 0.717) is 62.4 Å². The summed E-state index contributed by atoms with van der Waals surface area (Å²) in [5.74, 6) is 1.76. The first-order chi connectivity index (χ1) is 17.5. The number of benzene rings is 2. The summed E-state index contributed by atoms with van der Waals surface area (Å²) in [5.41, 5.74) is 3.02. The number of carbonyl (C=O) groups is 1. The predicted molar refractivity (Wildman–Crippen MR) is 138 cm³/mol. The lowest BCUT2D eigenvalue weighted by Gasteiger charge is -2.41. The lowest BCUT2D eigenvalue weighted by Crippen LogP contribution is -2.51. The quantitative estimate of drug-likeness (QED) is 0.437. The summed E-state index contributed by atoms with van der Waals surface area (Å²) in [4.78, 5) is 28.0. The van der Waals surface area contributed by atoms with Gasteiger partial charge in [-0.1, -0.05) is 23.4 Å². The molecule has 1 atom stereocenters. The summed E-state index contributed by atoms with van der Waals surface area (Å²) in [6, 6.07) is 13.0. The van der Waals surface area contributed by atoms with Crippen molar-refractivity contribution in [1.29, 1.82) is 0 Å². The average molecular weight is 489 g/mol. The number of hydrogen-bond donors (Lipinski definition) is 0. The van der Waals surface area contributed by atoms with Crippen LogP contribution in [0, 0.1) is 13.5 Å². The zero-order chi connectivity index (χ0) is 25.7. The highest BCUT2D eigenvalue weighted by atomic mass is 16.5. The summed E-state index contributed by atoms with van der Waals surface area (Å²) in [6.45, 7) is 17.6. The van der Waals surface area contributed by atoms with Crippen LogP contribution in [0.5, 0.6) is 5.75 Å². The van der Waals surface area contributed by atoms with Crippen molar-refractivity contribution in [2.24, 2.45) is 0 Å². The molecule has 0 radical (unpaired) electrons. The smallest absolute Gasteiger partial charge is 0.256 e. The van der Waals surface area contributed by atoms with E-state index in [4.69, 9.17) is 15.8 Å². The van der Waals surface area contributed by atoms with E-state index in [9.17, 15) is 4.79 Å². The van der Waals surface area contributed by atoms with Gasteiger partial charge in [0.2, 0.25) is 11.6 Å². The monoisotopic (exact) mass is 488 g/mol. The second-order valence-electron chi connectivity index (χ2n) is 8.64. The number of ether oxygens (including phenoxy) is 1. The molecule has 2 aromatic carbocycles. The van der Waals surface area contributed by atoms with Crippen molar-refractivity contribution in [3.8, 4) is 17.2 Å². The SMILES string of the molecule is [C-]#[N+]c1cc(-c2nc(C)no2)ccc1N1CCN(C(C(=O)N(CC)CC)c2ccccc2OC)CC1. The van der Waals surface area contributed by atoms with E-state index in [-0.39, 0.29) is 5.91 Å². The minimum Gasteiger partial charge on any atom is -0.496 e. The third kappa shape index (κ3) is 5.04. The van der Waals surface area contributed by atoms with Gasteiger partial charge in [0, 0.05) is 56.1 Å². The molecule has 9 heteroatoms. The number of anilines is 1. The summed E-state index contributed by atoms with van der Waals surface area (Å²) < 4.78 is 10.9. The molecular formula is C27H32N6O3. The molecule has 1 fully saturated rings. The number of piperazine rings is 1. The van der Waals surface area contributed by atoms with Gasteiger partial charge >= 0.3 is 0 Å². The Bertz CT molecular complexity index is 1240. The van der Waals surface area contributed by atoms with Crippen molar-refractivity contribution in [3.63, 3.8) is 0 Å². The molecule has 0 N–H and O–H groups in total. The maximum atomic E-state index is 13.7. The molecule has 1 aliphatic rings. The Kier molecular flexibility index (Phi) is 7.86. The Morgan fingerprint density at radius 2 is 1.89 bits per heavy atom. The third-order valence-electron chi connectivity index (χ3n) is 6.63. The Labute approximate surface area is 212 Å². The van der Waals surface area contributed by atoms with Crippen LogP contribution < -0.4 is 9.64 Å². The minimum absolute atomic E-state index is 0.0824. The number of methoxy groups -OCH3 is 1. The van der Waals surface area contributed by atoms with Crippen molar-refractivity contribution in [3.05, 3.63) is 65.3 Å². The number of hydrogen-bond acceptors (Lipinski definition) is 7. The van der Waals surface area contributed by atoms with Crippen LogP contribution in [0.15, 0.2) is 47.0 Å². The van der Waals surface area contributed by atoms with Crippen LogP contribution in [0.3, 0.4) is 0 Å². The molecule has 4 rings (SSSR count). The zero-order valence-corrected chi connectivity index (χ0v) is 21.3. The first-order valence-electron chi connectivity index (χ1n) is 12.2. The second kappa shape index (κ2) is 11.2. The number of para-hydroxylation sites is 1. The third-order valence-corrected chi connectivity index (χ3v) is 6.63. The summed E-state index contributed by atoms with van der Waals surface area (Å²) in [6.07, 6.45) is 0. The van der Waals surface area contributed by atoms with Crippen molar-refractivity contribution in [2.45, 2.75) is 26.8 Å². The van der Waals surface area contributed by atoms with Gasteiger partial charge in [-0.05, 0) is 45.0 Å². The van der Waals surface area contributed by atoms with Gasteiger partial charge < -0.3 is 19.1 Å². The molecule has 36 heavy (non-hydrogen) atoms. The van der Waals surface area contributed by atoms with Gasteiger partial charge in [-0.15, -0.1) is 0 Å². The van der Waals surface area contributed by atoms with Crippen LogP contribution in [0.1, 0.15) is 31.3 Å². The number of aromatic nitrogens is 2. The first-order valence-corrected chi connectivity index (χ1v) is 12.2. The number of nitrogens with zero attached hydrogens (tertiary/aromatic N) is 6. The number of carbonyl (C=O) groups excluding carboxylic acids is 1. The maximum absolute atomic E-state index is 13.7. The number of rotatable bonds is 8. The summed E-state index contributed by atoms with van der Waals surface area (Å²) in [5, 5.41) is 3.84. The molecule has 0 aliphatic carbocycles. The van der Waals surface area contributed by atoms with E-state index < -0.39 is 6.04 Å². The van der Waals surface area contributed by atoms with Gasteiger partial charge in [-0.2, -0.15) is 4.98 Å². The summed E-state index contributed by atoms with van der Waals surface area (Å²) in [7, 11) is 1.64. The van der Waals surface area contributed by atoms with Crippen LogP contribution in [0.4, 0.5) is 11.4 Å². The zero-order valence-electron chi connectivity index (χ0n) is 21.3. The Hall–Kier alpha value is -3.90. The fourth-order valence-electron chi connectivity index (χ4n) is 4.74. The molecule has 1 unspecified atom stereocenters. The molecule has 1 aromatic heterocycles. The molecule has 0 spiro atoms. The maximum Gasteiger partial charge on any atom is 0.256 e. The molecule has 1 saturated heterocycles. The highest BCUT2D eigenvalue weighted by Gasteiger charge is 2.34. The van der Waals surface area contributed by atoms with Crippen molar-refractivity contribution >= 4 is 17.3 Å². The fraction of sp³-hybridized carbons (Fsp3) is 0.407. The van der Waals surface area contributed by atoms with Crippen LogP contribution in [-0.4, -0.2) is 72.2 Å². The molecule has 9 nitrogen and oxygen atoms in total. The van der Waals surface area contributed by atoms with E-state index in [1.165, 1.54) is 0 Å². The van der Waals surface area contributed by atoms with Crippen molar-refractivity contribution in [2.75, 3.05) is 51.3 Å². The molecule has 188 valence electrons. The van der Waals surface area contributed by atoms with E-state index in [0.717, 1.165) is 16.8 Å². The van der Waals surface area contributed by atoms with Crippen molar-refractivity contribution < 1.29 is 14.1 Å². The molecule has 0 bridgehead atoms.